The fourth-order valence-corrected chi connectivity index (χ4v) is 3.64. The van der Waals surface area contributed by atoms with E-state index in [4.69, 9.17) is 0 Å². The number of fused-ring (bicyclic) bond motifs is 2. The van der Waals surface area contributed by atoms with E-state index < -0.39 is 0 Å². The summed E-state index contributed by atoms with van der Waals surface area (Å²) in [5, 5.41) is 0.944. The summed E-state index contributed by atoms with van der Waals surface area (Å²) in [6.45, 7) is 2.12. The molecule has 0 fully saturated rings. The number of thioether (sulfide) groups is 1. The van der Waals surface area contributed by atoms with Gasteiger partial charge in [-0.15, -0.1) is 0 Å². The topological polar surface area (TPSA) is 34.9 Å². The molecule has 1 aliphatic carbocycles. The minimum absolute atomic E-state index is 0.229. The van der Waals surface area contributed by atoms with Crippen molar-refractivity contribution in [2.75, 3.05) is 5.75 Å². The van der Waals surface area contributed by atoms with Crippen molar-refractivity contribution in [3.63, 3.8) is 0 Å². The maximum Gasteiger partial charge on any atom is 0.257 e. The summed E-state index contributed by atoms with van der Waals surface area (Å²) in [4.78, 5) is 16.9. The Morgan fingerprint density at radius 3 is 3.20 bits per heavy atom. The molecule has 0 bridgehead atoms. The quantitative estimate of drug-likeness (QED) is 0.628. The van der Waals surface area contributed by atoms with Gasteiger partial charge in [0.25, 0.3) is 5.56 Å². The molecule has 0 radical (unpaired) electrons. The zero-order valence-corrected chi connectivity index (χ0v) is 9.64. The number of hydrogen-bond donors (Lipinski definition) is 0. The van der Waals surface area contributed by atoms with E-state index in [1.165, 1.54) is 0 Å². The van der Waals surface area contributed by atoms with Gasteiger partial charge in [-0.2, -0.15) is 0 Å². The summed E-state index contributed by atoms with van der Waals surface area (Å²) >= 11 is 1.72. The predicted octanol–water partition coefficient (Wildman–Crippen LogP) is 1.79. The van der Waals surface area contributed by atoms with Gasteiger partial charge >= 0.3 is 0 Å². The first-order valence-electron chi connectivity index (χ1n) is 5.54. The lowest BCUT2D eigenvalue weighted by Gasteiger charge is -2.24. The van der Waals surface area contributed by atoms with Crippen LogP contribution in [0.2, 0.25) is 0 Å². The molecule has 0 spiro atoms. The highest BCUT2D eigenvalue weighted by molar-refractivity contribution is 7.99. The number of nitrogens with zero attached hydrogens (tertiary/aromatic N) is 2. The molecule has 15 heavy (non-hydrogen) atoms. The third-order valence-electron chi connectivity index (χ3n) is 3.31. The van der Waals surface area contributed by atoms with Gasteiger partial charge in [-0.1, -0.05) is 11.8 Å². The van der Waals surface area contributed by atoms with E-state index in [2.05, 4.69) is 11.9 Å². The van der Waals surface area contributed by atoms with E-state index in [-0.39, 0.29) is 5.56 Å². The van der Waals surface area contributed by atoms with Gasteiger partial charge in [0.15, 0.2) is 5.16 Å². The van der Waals surface area contributed by atoms with Gasteiger partial charge in [0, 0.05) is 17.4 Å². The Morgan fingerprint density at radius 1 is 1.47 bits per heavy atom. The molecular weight excluding hydrogens is 208 g/mol. The zero-order chi connectivity index (χ0) is 10.4. The monoisotopic (exact) mass is 222 g/mol. The van der Waals surface area contributed by atoms with E-state index >= 15 is 0 Å². The van der Waals surface area contributed by atoms with Crippen molar-refractivity contribution in [1.82, 2.24) is 9.55 Å². The van der Waals surface area contributed by atoms with Gasteiger partial charge in [0.1, 0.15) is 0 Å². The molecule has 1 atom stereocenters. The van der Waals surface area contributed by atoms with Gasteiger partial charge in [-0.3, -0.25) is 9.36 Å². The number of rotatable bonds is 0. The molecule has 80 valence electrons. The molecule has 0 saturated carbocycles. The summed E-state index contributed by atoms with van der Waals surface area (Å²) in [5.74, 6) is 1.09. The summed E-state index contributed by atoms with van der Waals surface area (Å²) < 4.78 is 1.90. The average molecular weight is 222 g/mol. The molecule has 0 N–H and O–H groups in total. The van der Waals surface area contributed by atoms with Crippen molar-refractivity contribution in [1.29, 1.82) is 0 Å². The summed E-state index contributed by atoms with van der Waals surface area (Å²) in [7, 11) is 0. The zero-order valence-electron chi connectivity index (χ0n) is 8.82. The van der Waals surface area contributed by atoms with Crippen LogP contribution in [0.25, 0.3) is 0 Å². The molecule has 0 amide bonds. The van der Waals surface area contributed by atoms with Crippen LogP contribution >= 0.6 is 11.8 Å². The first kappa shape index (κ1) is 9.46. The van der Waals surface area contributed by atoms with Crippen molar-refractivity contribution in [3.05, 3.63) is 21.6 Å². The largest absolute Gasteiger partial charge is 0.285 e. The SMILES string of the molecule is C[C@@H]1CCSc2nc3c(c(=O)n21)CCC3. The van der Waals surface area contributed by atoms with Crippen molar-refractivity contribution >= 4 is 11.8 Å². The molecule has 0 aromatic carbocycles. The Morgan fingerprint density at radius 2 is 2.33 bits per heavy atom. The molecule has 1 aromatic heterocycles. The molecule has 0 saturated heterocycles. The standard InChI is InChI=1S/C11H14N2OS/c1-7-5-6-15-11-12-9-4-2-3-8(9)10(14)13(7)11/h7H,2-6H2,1H3/t7-/m1/s1. The summed E-state index contributed by atoms with van der Waals surface area (Å²) in [5.41, 5.74) is 2.27. The third-order valence-corrected chi connectivity index (χ3v) is 4.30. The Labute approximate surface area is 92.9 Å². The van der Waals surface area contributed by atoms with Gasteiger partial charge in [-0.05, 0) is 32.6 Å². The van der Waals surface area contributed by atoms with Gasteiger partial charge in [-0.25, -0.2) is 4.98 Å². The van der Waals surface area contributed by atoms with Crippen LogP contribution in [0.1, 0.15) is 37.1 Å². The summed E-state index contributed by atoms with van der Waals surface area (Å²) in [6.07, 6.45) is 4.10. The highest BCUT2D eigenvalue weighted by atomic mass is 32.2. The molecule has 1 aliphatic heterocycles. The van der Waals surface area contributed by atoms with Crippen molar-refractivity contribution < 1.29 is 0 Å². The van der Waals surface area contributed by atoms with Crippen LogP contribution in [0.15, 0.2) is 9.95 Å². The van der Waals surface area contributed by atoms with Crippen molar-refractivity contribution in [3.8, 4) is 0 Å². The normalized spacial score (nSPS) is 23.7. The van der Waals surface area contributed by atoms with Crippen LogP contribution in [0.3, 0.4) is 0 Å². The van der Waals surface area contributed by atoms with E-state index in [1.807, 2.05) is 4.57 Å². The first-order chi connectivity index (χ1) is 7.27. The Bertz CT molecular complexity index is 466. The van der Waals surface area contributed by atoms with E-state index in [1.54, 1.807) is 11.8 Å². The number of hydrogen-bond acceptors (Lipinski definition) is 3. The number of aromatic nitrogens is 2. The van der Waals surface area contributed by atoms with E-state index in [0.717, 1.165) is 47.8 Å². The minimum Gasteiger partial charge on any atom is -0.285 e. The fourth-order valence-electron chi connectivity index (χ4n) is 2.42. The summed E-state index contributed by atoms with van der Waals surface area (Å²) in [6, 6.07) is 0.326. The Balaban J connectivity index is 2.26. The Hall–Kier alpha value is -0.770. The van der Waals surface area contributed by atoms with Crippen molar-refractivity contribution in [2.45, 2.75) is 43.8 Å². The second kappa shape index (κ2) is 3.37. The van der Waals surface area contributed by atoms with Crippen LogP contribution in [-0.2, 0) is 12.8 Å². The highest BCUT2D eigenvalue weighted by Crippen LogP contribution is 2.30. The van der Waals surface area contributed by atoms with Crippen LogP contribution in [0, 0.1) is 0 Å². The second-order valence-electron chi connectivity index (χ2n) is 4.33. The Kier molecular flexibility index (Phi) is 2.12. The smallest absolute Gasteiger partial charge is 0.257 e. The second-order valence-corrected chi connectivity index (χ2v) is 5.40. The maximum atomic E-state index is 12.2. The van der Waals surface area contributed by atoms with Crippen LogP contribution < -0.4 is 5.56 Å². The molecule has 0 unspecified atom stereocenters. The predicted molar refractivity (Wildman–Crippen MR) is 60.6 cm³/mol. The average Bonchev–Trinajstić information content (AvgIpc) is 2.66. The van der Waals surface area contributed by atoms with Crippen molar-refractivity contribution in [2.24, 2.45) is 0 Å². The lowest BCUT2D eigenvalue weighted by atomic mass is 10.2. The highest BCUT2D eigenvalue weighted by Gasteiger charge is 2.25. The van der Waals surface area contributed by atoms with E-state index in [0.29, 0.717) is 6.04 Å². The number of aryl methyl sites for hydroxylation is 1. The lowest BCUT2D eigenvalue weighted by molar-refractivity contribution is 0.448. The van der Waals surface area contributed by atoms with Gasteiger partial charge < -0.3 is 0 Å². The van der Waals surface area contributed by atoms with Gasteiger partial charge in [0.2, 0.25) is 0 Å². The van der Waals surface area contributed by atoms with Crippen LogP contribution in [-0.4, -0.2) is 15.3 Å². The minimum atomic E-state index is 0.229. The molecule has 4 heteroatoms. The van der Waals surface area contributed by atoms with Gasteiger partial charge in [0.05, 0.1) is 5.69 Å². The lowest BCUT2D eigenvalue weighted by Crippen LogP contribution is -2.31. The maximum absolute atomic E-state index is 12.2. The van der Waals surface area contributed by atoms with E-state index in [9.17, 15) is 4.79 Å². The molecular formula is C11H14N2OS. The van der Waals surface area contributed by atoms with Crippen LogP contribution in [0.4, 0.5) is 0 Å². The molecule has 3 rings (SSSR count). The van der Waals surface area contributed by atoms with Crippen LogP contribution in [0.5, 0.6) is 0 Å². The first-order valence-corrected chi connectivity index (χ1v) is 6.53. The molecule has 2 heterocycles. The fraction of sp³-hybridized carbons (Fsp3) is 0.636. The third kappa shape index (κ3) is 1.34. The molecule has 2 aliphatic rings. The molecule has 3 nitrogen and oxygen atoms in total. The molecule has 1 aromatic rings.